The number of aromatic amines is 1. The third-order valence-electron chi connectivity index (χ3n) is 4.51. The Labute approximate surface area is 164 Å². The molecule has 1 aliphatic rings. The first-order valence-corrected chi connectivity index (χ1v) is 9.13. The molecule has 0 saturated heterocycles. The average Bonchev–Trinajstić information content (AvgIpc) is 3.17. The molecule has 0 saturated carbocycles. The maximum atomic E-state index is 12.6. The number of allylic oxidation sites excluding steroid dienone is 1. The van der Waals surface area contributed by atoms with Crippen LogP contribution in [0.1, 0.15) is 23.7 Å². The summed E-state index contributed by atoms with van der Waals surface area (Å²) < 4.78 is 6.55. The molecule has 0 radical (unpaired) electrons. The fraction of sp³-hybridized carbons (Fsp3) is 0.278. The first-order chi connectivity index (χ1) is 12.9. The predicted octanol–water partition coefficient (Wildman–Crippen LogP) is 3.16. The average molecular weight is 407 g/mol. The smallest absolute Gasteiger partial charge is 0.412 e. The number of halogens is 2. The molecule has 0 aliphatic heterocycles. The number of para-hydroxylation sites is 1. The van der Waals surface area contributed by atoms with E-state index >= 15 is 0 Å². The number of likely N-dealkylation sites (N-methyl/N-ethyl adjacent to an activating group) is 1. The zero-order chi connectivity index (χ0) is 19.1. The summed E-state index contributed by atoms with van der Waals surface area (Å²) in [5.41, 5.74) is 2.03. The number of nitrogens with one attached hydrogen (secondary N) is 1. The van der Waals surface area contributed by atoms with E-state index in [1.807, 2.05) is 12.1 Å². The highest BCUT2D eigenvalue weighted by Gasteiger charge is 2.22. The summed E-state index contributed by atoms with van der Waals surface area (Å²) in [4.78, 5) is 33.8. The molecular formula is C18H16Cl2N4O3. The van der Waals surface area contributed by atoms with Crippen LogP contribution in [-0.2, 0) is 24.3 Å². The number of hydrogen-bond acceptors (Lipinski definition) is 4. The van der Waals surface area contributed by atoms with Crippen LogP contribution in [0.5, 0.6) is 0 Å². The van der Waals surface area contributed by atoms with Crippen LogP contribution in [0.15, 0.2) is 32.4 Å². The molecule has 0 spiro atoms. The fourth-order valence-electron chi connectivity index (χ4n) is 3.09. The molecule has 27 heavy (non-hydrogen) atoms. The van der Waals surface area contributed by atoms with Crippen LogP contribution >= 0.6 is 23.2 Å². The van der Waals surface area contributed by atoms with E-state index in [0.29, 0.717) is 45.7 Å². The Balaban J connectivity index is 1.53. The summed E-state index contributed by atoms with van der Waals surface area (Å²) >= 11 is 12.2. The van der Waals surface area contributed by atoms with Crippen molar-refractivity contribution in [2.24, 2.45) is 0 Å². The van der Waals surface area contributed by atoms with Gasteiger partial charge >= 0.3 is 5.76 Å². The van der Waals surface area contributed by atoms with E-state index in [2.05, 4.69) is 9.97 Å². The lowest BCUT2D eigenvalue weighted by atomic mass is 10.1. The van der Waals surface area contributed by atoms with Gasteiger partial charge in [-0.1, -0.05) is 29.3 Å². The number of aromatic nitrogens is 3. The quantitative estimate of drug-likeness (QED) is 0.720. The van der Waals surface area contributed by atoms with Crippen molar-refractivity contribution in [3.63, 3.8) is 0 Å². The van der Waals surface area contributed by atoms with E-state index in [-0.39, 0.29) is 19.0 Å². The SMILES string of the molecule is CN(Cc1nc2c(Cl)cccc2[nH]1)C(=O)Cn1c2c(oc1=O)CCC(Cl)=C2. The summed E-state index contributed by atoms with van der Waals surface area (Å²) in [6.07, 6.45) is 2.86. The molecule has 1 amide bonds. The van der Waals surface area contributed by atoms with Gasteiger partial charge in [-0.2, -0.15) is 0 Å². The van der Waals surface area contributed by atoms with Crippen LogP contribution in [-0.4, -0.2) is 32.4 Å². The number of nitrogens with zero attached hydrogens (tertiary/aromatic N) is 3. The molecule has 1 aliphatic carbocycles. The molecule has 1 N–H and O–H groups in total. The molecule has 0 atom stereocenters. The number of carbonyl (C=O) groups is 1. The van der Waals surface area contributed by atoms with Gasteiger partial charge in [0.2, 0.25) is 5.91 Å². The minimum atomic E-state index is -0.556. The predicted molar refractivity (Wildman–Crippen MR) is 103 cm³/mol. The van der Waals surface area contributed by atoms with Gasteiger partial charge < -0.3 is 14.3 Å². The van der Waals surface area contributed by atoms with Crippen molar-refractivity contribution in [3.05, 3.63) is 56.1 Å². The molecule has 4 rings (SSSR count). The van der Waals surface area contributed by atoms with Crippen LogP contribution in [0.2, 0.25) is 5.02 Å². The molecule has 140 valence electrons. The van der Waals surface area contributed by atoms with Gasteiger partial charge in [-0.05, 0) is 24.6 Å². The molecule has 9 heteroatoms. The Kier molecular flexibility index (Phi) is 4.57. The first kappa shape index (κ1) is 17.9. The lowest BCUT2D eigenvalue weighted by Gasteiger charge is -2.16. The number of benzene rings is 1. The maximum absolute atomic E-state index is 12.6. The van der Waals surface area contributed by atoms with Crippen molar-refractivity contribution in [3.8, 4) is 0 Å². The molecule has 2 heterocycles. The van der Waals surface area contributed by atoms with Gasteiger partial charge in [0.1, 0.15) is 23.6 Å². The minimum absolute atomic E-state index is 0.129. The van der Waals surface area contributed by atoms with Gasteiger partial charge in [0.15, 0.2) is 0 Å². The fourth-order valence-corrected chi connectivity index (χ4v) is 3.51. The number of fused-ring (bicyclic) bond motifs is 2. The van der Waals surface area contributed by atoms with Crippen molar-refractivity contribution in [1.82, 2.24) is 19.4 Å². The van der Waals surface area contributed by atoms with E-state index in [1.165, 1.54) is 9.47 Å². The van der Waals surface area contributed by atoms with Crippen LogP contribution < -0.4 is 5.76 Å². The van der Waals surface area contributed by atoms with Crippen LogP contribution in [0.25, 0.3) is 17.1 Å². The van der Waals surface area contributed by atoms with Crippen LogP contribution in [0.4, 0.5) is 0 Å². The van der Waals surface area contributed by atoms with Crippen molar-refractivity contribution in [2.75, 3.05) is 7.05 Å². The second-order valence-corrected chi connectivity index (χ2v) is 7.32. The summed E-state index contributed by atoms with van der Waals surface area (Å²) in [5, 5.41) is 1.18. The number of amides is 1. The zero-order valence-corrected chi connectivity index (χ0v) is 16.0. The molecule has 1 aromatic carbocycles. The van der Waals surface area contributed by atoms with Gasteiger partial charge in [0.05, 0.1) is 22.8 Å². The number of carbonyl (C=O) groups excluding carboxylic acids is 1. The Morgan fingerprint density at radius 2 is 2.19 bits per heavy atom. The molecule has 0 fully saturated rings. The zero-order valence-electron chi connectivity index (χ0n) is 14.5. The third kappa shape index (κ3) is 3.40. The highest BCUT2D eigenvalue weighted by molar-refractivity contribution is 6.34. The van der Waals surface area contributed by atoms with Gasteiger partial charge in [-0.3, -0.25) is 9.36 Å². The lowest BCUT2D eigenvalue weighted by molar-refractivity contribution is -0.131. The normalized spacial score (nSPS) is 13.5. The van der Waals surface area contributed by atoms with Crippen molar-refractivity contribution in [2.45, 2.75) is 25.9 Å². The molecule has 2 aromatic heterocycles. The molecule has 3 aromatic rings. The van der Waals surface area contributed by atoms with Crippen molar-refractivity contribution in [1.29, 1.82) is 0 Å². The second-order valence-electron chi connectivity index (χ2n) is 6.42. The summed E-state index contributed by atoms with van der Waals surface area (Å²) in [7, 11) is 1.65. The van der Waals surface area contributed by atoms with Gasteiger partial charge in [-0.15, -0.1) is 0 Å². The number of oxazole rings is 1. The number of imidazole rings is 1. The van der Waals surface area contributed by atoms with E-state index in [4.69, 9.17) is 27.6 Å². The number of aryl methyl sites for hydroxylation is 1. The first-order valence-electron chi connectivity index (χ1n) is 8.38. The topological polar surface area (TPSA) is 84.1 Å². The Bertz CT molecular complexity index is 1130. The van der Waals surface area contributed by atoms with Crippen LogP contribution in [0.3, 0.4) is 0 Å². The summed E-state index contributed by atoms with van der Waals surface area (Å²) in [5.74, 6) is 0.368. The summed E-state index contributed by atoms with van der Waals surface area (Å²) in [6.45, 7) is 0.130. The second kappa shape index (κ2) is 6.90. The van der Waals surface area contributed by atoms with Gasteiger partial charge in [0.25, 0.3) is 0 Å². The van der Waals surface area contributed by atoms with Crippen molar-refractivity contribution >= 4 is 46.2 Å². The summed E-state index contributed by atoms with van der Waals surface area (Å²) in [6, 6.07) is 5.46. The molecule has 0 bridgehead atoms. The van der Waals surface area contributed by atoms with E-state index in [0.717, 1.165) is 5.52 Å². The number of hydrogen-bond donors (Lipinski definition) is 1. The third-order valence-corrected chi connectivity index (χ3v) is 5.11. The maximum Gasteiger partial charge on any atom is 0.420 e. The molecule has 7 nitrogen and oxygen atoms in total. The molecular weight excluding hydrogens is 391 g/mol. The van der Waals surface area contributed by atoms with E-state index in [1.54, 1.807) is 19.2 Å². The highest BCUT2D eigenvalue weighted by atomic mass is 35.5. The minimum Gasteiger partial charge on any atom is -0.412 e. The lowest BCUT2D eigenvalue weighted by Crippen LogP contribution is -2.33. The van der Waals surface area contributed by atoms with E-state index < -0.39 is 5.76 Å². The van der Waals surface area contributed by atoms with Crippen LogP contribution in [0, 0.1) is 0 Å². The Morgan fingerprint density at radius 1 is 1.37 bits per heavy atom. The number of rotatable bonds is 4. The largest absolute Gasteiger partial charge is 0.420 e. The van der Waals surface area contributed by atoms with Crippen molar-refractivity contribution < 1.29 is 9.21 Å². The number of H-pyrrole nitrogens is 1. The monoisotopic (exact) mass is 406 g/mol. The Hall–Kier alpha value is -2.51. The van der Waals surface area contributed by atoms with E-state index in [9.17, 15) is 9.59 Å². The van der Waals surface area contributed by atoms with Gasteiger partial charge in [0, 0.05) is 18.5 Å². The standard InChI is InChI=1S/C18H16Cl2N4O3/c1-23(8-15-21-12-4-2-3-11(20)17(12)22-15)16(25)9-24-13-7-10(19)5-6-14(13)27-18(24)26/h2-4,7H,5-6,8-9H2,1H3,(H,21,22). The highest BCUT2D eigenvalue weighted by Crippen LogP contribution is 2.25. The van der Waals surface area contributed by atoms with Gasteiger partial charge in [-0.25, -0.2) is 9.78 Å². The Morgan fingerprint density at radius 3 is 2.96 bits per heavy atom. The molecule has 0 unspecified atom stereocenters.